The summed E-state index contributed by atoms with van der Waals surface area (Å²) in [6, 6.07) is 19.0. The summed E-state index contributed by atoms with van der Waals surface area (Å²) in [4.78, 5) is 20.8. The zero-order chi connectivity index (χ0) is 23.8. The maximum Gasteiger partial charge on any atom is 0.262 e. The van der Waals surface area contributed by atoms with Crippen molar-refractivity contribution in [1.82, 2.24) is 4.90 Å². The predicted octanol–water partition coefficient (Wildman–Crippen LogP) is 5.81. The lowest BCUT2D eigenvalue weighted by Gasteiger charge is -2.61. The van der Waals surface area contributed by atoms with Gasteiger partial charge in [0.2, 0.25) is 0 Å². The van der Waals surface area contributed by atoms with Gasteiger partial charge >= 0.3 is 0 Å². The van der Waals surface area contributed by atoms with Crippen LogP contribution in [0.25, 0.3) is 22.3 Å². The van der Waals surface area contributed by atoms with E-state index in [1.54, 1.807) is 24.5 Å². The summed E-state index contributed by atoms with van der Waals surface area (Å²) >= 11 is 0. The van der Waals surface area contributed by atoms with Crippen LogP contribution in [-0.2, 0) is 10.3 Å². The van der Waals surface area contributed by atoms with Crippen molar-refractivity contribution in [2.75, 3.05) is 7.05 Å². The smallest absolute Gasteiger partial charge is 0.262 e. The van der Waals surface area contributed by atoms with E-state index in [1.807, 2.05) is 6.07 Å². The molecule has 2 aromatic carbocycles. The summed E-state index contributed by atoms with van der Waals surface area (Å²) in [5, 5.41) is 0. The normalized spacial score (nSPS) is 33.4. The van der Waals surface area contributed by atoms with Crippen molar-refractivity contribution < 1.29 is 9.21 Å². The van der Waals surface area contributed by atoms with E-state index in [4.69, 9.17) is 15.1 Å². The number of nitrogens with zero attached hydrogens (tertiary/aromatic N) is 2. The van der Waals surface area contributed by atoms with Crippen LogP contribution < -0.4 is 5.73 Å². The molecule has 1 aromatic heterocycles. The number of furan rings is 1. The number of hydrogen-bond acceptors (Lipinski definition) is 4. The molecule has 5 nitrogen and oxygen atoms in total. The summed E-state index contributed by atoms with van der Waals surface area (Å²) in [7, 11) is 1.78. The van der Waals surface area contributed by atoms with Crippen molar-refractivity contribution in [1.29, 1.82) is 0 Å². The lowest BCUT2D eigenvalue weighted by molar-refractivity contribution is -0.149. The average Bonchev–Trinajstić information content (AvgIpc) is 3.48. The van der Waals surface area contributed by atoms with Gasteiger partial charge in [-0.2, -0.15) is 0 Å². The Morgan fingerprint density at radius 3 is 2.06 bits per heavy atom. The molecule has 3 aromatic rings. The fraction of sp³-hybridized carbons (Fsp3) is 0.400. The van der Waals surface area contributed by atoms with Gasteiger partial charge in [0.15, 0.2) is 11.5 Å². The summed E-state index contributed by atoms with van der Waals surface area (Å²) in [6.07, 6.45) is 10.7. The summed E-state index contributed by atoms with van der Waals surface area (Å²) in [5.41, 5.74) is 10.6. The first kappa shape index (κ1) is 21.0. The van der Waals surface area contributed by atoms with Gasteiger partial charge in [-0.15, -0.1) is 0 Å². The molecule has 0 spiro atoms. The molecular weight excluding hydrogens is 434 g/mol. The highest BCUT2D eigenvalue weighted by Crippen LogP contribution is 2.67. The van der Waals surface area contributed by atoms with Crippen LogP contribution in [-0.4, -0.2) is 23.8 Å². The maximum absolute atomic E-state index is 14.1. The molecule has 2 heterocycles. The summed E-state index contributed by atoms with van der Waals surface area (Å²) in [6.45, 7) is 0. The van der Waals surface area contributed by atoms with Crippen LogP contribution in [0, 0.1) is 23.2 Å². The Bertz CT molecular complexity index is 1310. The van der Waals surface area contributed by atoms with Crippen LogP contribution in [0.2, 0.25) is 0 Å². The standard InChI is InChI=1S/C30H31N3O2/c1-33-27(34)30(32-28(33)31,29-15-19-10-20(16-29)12-21(11-19)17-29)26-7-3-6-24(14-26)22-4-2-5-23(13-22)25-8-9-35-18-25/h2-9,13-14,18-21H,10-12,15-17H2,1H3,(H2,31,32). The van der Waals surface area contributed by atoms with E-state index in [-0.39, 0.29) is 11.3 Å². The Hall–Kier alpha value is -3.34. The van der Waals surface area contributed by atoms with Crippen LogP contribution in [0.15, 0.2) is 76.5 Å². The van der Waals surface area contributed by atoms with E-state index in [9.17, 15) is 4.79 Å². The number of amides is 1. The zero-order valence-corrected chi connectivity index (χ0v) is 20.1. The van der Waals surface area contributed by atoms with Gasteiger partial charge in [-0.05, 0) is 96.7 Å². The molecule has 1 atom stereocenters. The second-order valence-electron chi connectivity index (χ2n) is 11.4. The highest BCUT2D eigenvalue weighted by molar-refractivity contribution is 6.07. The molecule has 1 amide bonds. The Morgan fingerprint density at radius 2 is 1.49 bits per heavy atom. The fourth-order valence-corrected chi connectivity index (χ4v) is 8.27. The molecule has 1 aliphatic heterocycles. The Kier molecular flexibility index (Phi) is 4.39. The van der Waals surface area contributed by atoms with Crippen LogP contribution in [0.1, 0.15) is 44.1 Å². The van der Waals surface area contributed by atoms with Crippen molar-refractivity contribution in [3.8, 4) is 22.3 Å². The molecule has 4 aliphatic carbocycles. The first-order valence-electron chi connectivity index (χ1n) is 12.8. The SMILES string of the molecule is CN1C(=O)C(c2cccc(-c3cccc(-c4ccoc4)c3)c2)(C23CC4CC(CC(C4)C2)C3)N=C1N. The third-order valence-corrected chi connectivity index (χ3v) is 9.38. The third-order valence-electron chi connectivity index (χ3n) is 9.38. The molecule has 35 heavy (non-hydrogen) atoms. The number of aliphatic imine (C=N–C) groups is 1. The lowest BCUT2D eigenvalue weighted by atomic mass is 9.43. The van der Waals surface area contributed by atoms with Gasteiger partial charge in [-0.1, -0.05) is 36.4 Å². The summed E-state index contributed by atoms with van der Waals surface area (Å²) in [5.74, 6) is 2.52. The largest absolute Gasteiger partial charge is 0.472 e. The van der Waals surface area contributed by atoms with Crippen LogP contribution in [0.5, 0.6) is 0 Å². The maximum atomic E-state index is 14.1. The number of rotatable bonds is 4. The molecule has 4 saturated carbocycles. The zero-order valence-electron chi connectivity index (χ0n) is 20.1. The molecule has 2 N–H and O–H groups in total. The molecule has 0 radical (unpaired) electrons. The highest BCUT2D eigenvalue weighted by atomic mass is 16.3. The monoisotopic (exact) mass is 465 g/mol. The molecule has 178 valence electrons. The summed E-state index contributed by atoms with van der Waals surface area (Å²) < 4.78 is 5.29. The van der Waals surface area contributed by atoms with Gasteiger partial charge in [-0.3, -0.25) is 9.69 Å². The minimum absolute atomic E-state index is 0.0428. The minimum Gasteiger partial charge on any atom is -0.472 e. The molecule has 8 rings (SSSR count). The second kappa shape index (κ2) is 7.33. The van der Waals surface area contributed by atoms with Gasteiger partial charge in [0.05, 0.1) is 12.5 Å². The molecule has 5 heteroatoms. The number of nitrogens with two attached hydrogens (primary N) is 1. The van der Waals surface area contributed by atoms with Crippen molar-refractivity contribution in [2.24, 2.45) is 33.9 Å². The topological polar surface area (TPSA) is 71.8 Å². The molecule has 4 bridgehead atoms. The van der Waals surface area contributed by atoms with Crippen LogP contribution in [0.4, 0.5) is 0 Å². The molecule has 1 unspecified atom stereocenters. The van der Waals surface area contributed by atoms with Gasteiger partial charge in [0, 0.05) is 18.0 Å². The number of carbonyl (C=O) groups is 1. The van der Waals surface area contributed by atoms with E-state index in [1.165, 1.54) is 19.3 Å². The number of carbonyl (C=O) groups excluding carboxylic acids is 1. The van der Waals surface area contributed by atoms with Gasteiger partial charge in [0.1, 0.15) is 0 Å². The van der Waals surface area contributed by atoms with Crippen molar-refractivity contribution in [3.63, 3.8) is 0 Å². The van der Waals surface area contributed by atoms with Crippen LogP contribution in [0.3, 0.4) is 0 Å². The van der Waals surface area contributed by atoms with Gasteiger partial charge in [-0.25, -0.2) is 4.99 Å². The molecule has 5 aliphatic rings. The molecule has 4 fully saturated rings. The first-order valence-corrected chi connectivity index (χ1v) is 12.8. The predicted molar refractivity (Wildman–Crippen MR) is 136 cm³/mol. The fourth-order valence-electron chi connectivity index (χ4n) is 8.27. The third kappa shape index (κ3) is 2.93. The van der Waals surface area contributed by atoms with Crippen molar-refractivity contribution in [3.05, 3.63) is 72.7 Å². The van der Waals surface area contributed by atoms with Crippen LogP contribution >= 0.6 is 0 Å². The van der Waals surface area contributed by atoms with E-state index in [2.05, 4.69) is 48.5 Å². The highest BCUT2D eigenvalue weighted by Gasteiger charge is 2.67. The minimum atomic E-state index is -0.931. The van der Waals surface area contributed by atoms with E-state index >= 15 is 0 Å². The lowest BCUT2D eigenvalue weighted by Crippen LogP contribution is -2.59. The number of likely N-dealkylation sites (N-methyl/N-ethyl adjacent to an activating group) is 1. The van der Waals surface area contributed by atoms with E-state index in [0.29, 0.717) is 23.7 Å². The number of guanidine groups is 1. The van der Waals surface area contributed by atoms with Crippen molar-refractivity contribution in [2.45, 2.75) is 44.1 Å². The average molecular weight is 466 g/mol. The van der Waals surface area contributed by atoms with E-state index < -0.39 is 5.54 Å². The Balaban J connectivity index is 1.38. The molecular formula is C30H31N3O2. The van der Waals surface area contributed by atoms with E-state index in [0.717, 1.165) is 47.1 Å². The number of benzene rings is 2. The van der Waals surface area contributed by atoms with Gasteiger partial charge < -0.3 is 10.2 Å². The Labute approximate surface area is 206 Å². The first-order chi connectivity index (χ1) is 17.0. The van der Waals surface area contributed by atoms with Crippen molar-refractivity contribution >= 4 is 11.9 Å². The second-order valence-corrected chi connectivity index (χ2v) is 11.4. The quantitative estimate of drug-likeness (QED) is 0.528. The molecule has 0 saturated heterocycles. The van der Waals surface area contributed by atoms with Gasteiger partial charge in [0.25, 0.3) is 5.91 Å². The number of hydrogen-bond donors (Lipinski definition) is 1. The Morgan fingerprint density at radius 1 is 0.886 bits per heavy atom.